The fraction of sp³-hybridized carbons (Fsp3) is 0.826. The zero-order valence-electron chi connectivity index (χ0n) is 39.1. The Kier molecular flexibility index (Phi) is 31.1. The van der Waals surface area contributed by atoms with E-state index in [0.717, 1.165) is 90.3 Å². The molecule has 0 aromatic rings. The number of amides is 4. The lowest BCUT2D eigenvalue weighted by atomic mass is 9.90. The maximum absolute atomic E-state index is 13.5. The number of unbranched alkanes of at least 4 members (excludes halogenated alkanes) is 16. The van der Waals surface area contributed by atoms with Gasteiger partial charge in [0.2, 0.25) is 23.6 Å². The first-order valence-corrected chi connectivity index (χ1v) is 23.6. The monoisotopic (exact) mass is 913 g/mol. The molecule has 1 saturated heterocycles. The van der Waals surface area contributed by atoms with Crippen molar-refractivity contribution in [1.82, 2.24) is 16.0 Å². The summed E-state index contributed by atoms with van der Waals surface area (Å²) in [5.74, 6) is -4.98. The van der Waals surface area contributed by atoms with E-state index in [4.69, 9.17) is 19.9 Å². The van der Waals surface area contributed by atoms with Crippen LogP contribution in [0.1, 0.15) is 175 Å². The van der Waals surface area contributed by atoms with Crippen LogP contribution in [0.25, 0.3) is 0 Å². The SMILES string of the molecule is CCCCCCCCCCCC(=O)[C@H](CCCCCCCCCCC=O)CC(=O)OC[C@H]1OC(O)[C@H](NC(C)=O)[C@H](OC(C)C(=O)N[C@@H](C)C(=O)N[C@H](CCC(=O)OC)C(N)=O)[C@@H]1O. The van der Waals surface area contributed by atoms with E-state index < -0.39 is 96.9 Å². The molecule has 18 nitrogen and oxygen atoms in total. The number of Topliss-reactive ketones (excluding diaryl/α,β-unsaturated/α-hetero) is 1. The molecule has 1 rings (SSSR count). The molecule has 1 heterocycles. The molecule has 0 bridgehead atoms. The van der Waals surface area contributed by atoms with Gasteiger partial charge >= 0.3 is 11.9 Å². The molecular formula is C46H80N4O14. The quantitative estimate of drug-likeness (QED) is 0.0293. The van der Waals surface area contributed by atoms with Crippen LogP contribution in [0.2, 0.25) is 0 Å². The minimum absolute atomic E-state index is 0.0105. The van der Waals surface area contributed by atoms with Crippen molar-refractivity contribution >= 4 is 47.6 Å². The van der Waals surface area contributed by atoms with Gasteiger partial charge in [-0.15, -0.1) is 0 Å². The van der Waals surface area contributed by atoms with Crippen molar-refractivity contribution in [2.24, 2.45) is 11.7 Å². The second kappa shape index (κ2) is 34.4. The molecule has 368 valence electrons. The van der Waals surface area contributed by atoms with Crippen LogP contribution in [-0.2, 0) is 57.3 Å². The van der Waals surface area contributed by atoms with Gasteiger partial charge in [-0.25, -0.2) is 0 Å². The van der Waals surface area contributed by atoms with E-state index in [0.29, 0.717) is 19.3 Å². The maximum atomic E-state index is 13.5. The summed E-state index contributed by atoms with van der Waals surface area (Å²) < 4.78 is 21.5. The van der Waals surface area contributed by atoms with Gasteiger partial charge in [-0.1, -0.05) is 103 Å². The number of carbonyl (C=O) groups excluding carboxylic acids is 8. The molecule has 7 N–H and O–H groups in total. The molecular weight excluding hydrogens is 833 g/mol. The largest absolute Gasteiger partial charge is 0.469 e. The van der Waals surface area contributed by atoms with Crippen molar-refractivity contribution in [1.29, 1.82) is 0 Å². The summed E-state index contributed by atoms with van der Waals surface area (Å²) in [5.41, 5.74) is 5.36. The Bertz CT molecular complexity index is 1420. The molecule has 0 radical (unpaired) electrons. The molecule has 18 heteroatoms. The van der Waals surface area contributed by atoms with Gasteiger partial charge in [0.15, 0.2) is 6.29 Å². The molecule has 1 fully saturated rings. The topological polar surface area (TPSA) is 276 Å². The lowest BCUT2D eigenvalue weighted by Gasteiger charge is -2.43. The molecule has 64 heavy (non-hydrogen) atoms. The van der Waals surface area contributed by atoms with Crippen molar-refractivity contribution in [3.63, 3.8) is 0 Å². The minimum Gasteiger partial charge on any atom is -0.469 e. The molecule has 0 saturated carbocycles. The first-order valence-electron chi connectivity index (χ1n) is 23.6. The van der Waals surface area contributed by atoms with Crippen molar-refractivity contribution in [2.75, 3.05) is 13.7 Å². The number of primary amides is 1. The number of nitrogens with two attached hydrogens (primary N) is 1. The van der Waals surface area contributed by atoms with Gasteiger partial charge in [-0.05, 0) is 39.5 Å². The maximum Gasteiger partial charge on any atom is 0.306 e. The van der Waals surface area contributed by atoms with Gasteiger partial charge in [0.05, 0.1) is 13.5 Å². The normalized spacial score (nSPS) is 20.2. The van der Waals surface area contributed by atoms with Crippen LogP contribution in [-0.4, -0.2) is 120 Å². The third kappa shape index (κ3) is 24.9. The van der Waals surface area contributed by atoms with Crippen LogP contribution in [0.3, 0.4) is 0 Å². The summed E-state index contributed by atoms with van der Waals surface area (Å²) >= 11 is 0. The van der Waals surface area contributed by atoms with E-state index in [1.807, 2.05) is 0 Å². The number of aldehydes is 1. The Morgan fingerprint density at radius 2 is 1.33 bits per heavy atom. The van der Waals surface area contributed by atoms with Crippen molar-refractivity contribution in [3.05, 3.63) is 0 Å². The van der Waals surface area contributed by atoms with Crippen LogP contribution in [0.15, 0.2) is 0 Å². The lowest BCUT2D eigenvalue weighted by molar-refractivity contribution is -0.267. The van der Waals surface area contributed by atoms with E-state index in [1.165, 1.54) is 53.1 Å². The fourth-order valence-corrected chi connectivity index (χ4v) is 7.57. The van der Waals surface area contributed by atoms with Gasteiger partial charge in [-0.2, -0.15) is 0 Å². The number of hydrogen-bond donors (Lipinski definition) is 6. The number of aliphatic hydroxyl groups excluding tert-OH is 2. The fourth-order valence-electron chi connectivity index (χ4n) is 7.57. The molecule has 4 amide bonds. The van der Waals surface area contributed by atoms with Gasteiger partial charge in [0.1, 0.15) is 61.2 Å². The molecule has 1 aliphatic rings. The minimum atomic E-state index is -1.77. The number of ketones is 1. The second-order valence-electron chi connectivity index (χ2n) is 17.0. The summed E-state index contributed by atoms with van der Waals surface area (Å²) in [5, 5.41) is 29.6. The zero-order valence-corrected chi connectivity index (χ0v) is 39.1. The van der Waals surface area contributed by atoms with Gasteiger partial charge in [-0.3, -0.25) is 33.6 Å². The molecule has 0 spiro atoms. The molecule has 2 unspecified atom stereocenters. The average molecular weight is 913 g/mol. The Labute approximate surface area is 379 Å². The highest BCUT2D eigenvalue weighted by Crippen LogP contribution is 2.26. The van der Waals surface area contributed by atoms with Crippen molar-refractivity contribution in [3.8, 4) is 0 Å². The lowest BCUT2D eigenvalue weighted by Crippen LogP contribution is -2.66. The highest BCUT2D eigenvalue weighted by molar-refractivity contribution is 5.92. The highest BCUT2D eigenvalue weighted by Gasteiger charge is 2.47. The second-order valence-corrected chi connectivity index (χ2v) is 17.0. The Morgan fingerprint density at radius 1 is 0.750 bits per heavy atom. The number of hydrogen-bond acceptors (Lipinski definition) is 14. The highest BCUT2D eigenvalue weighted by atomic mass is 16.6. The first-order chi connectivity index (χ1) is 30.6. The summed E-state index contributed by atoms with van der Waals surface area (Å²) in [6.45, 7) is 5.45. The van der Waals surface area contributed by atoms with E-state index in [1.54, 1.807) is 0 Å². The summed E-state index contributed by atoms with van der Waals surface area (Å²) in [6, 6.07) is -3.82. The van der Waals surface area contributed by atoms with E-state index in [2.05, 4.69) is 27.6 Å². The van der Waals surface area contributed by atoms with Gasteiger partial charge < -0.3 is 55.6 Å². The van der Waals surface area contributed by atoms with Crippen molar-refractivity contribution < 1.29 is 67.5 Å². The number of nitrogens with one attached hydrogen (secondary N) is 3. The predicted octanol–water partition coefficient (Wildman–Crippen LogP) is 3.91. The number of rotatable bonds is 37. The molecule has 0 aliphatic carbocycles. The number of aliphatic hydroxyl groups is 2. The average Bonchev–Trinajstić information content (AvgIpc) is 3.25. The van der Waals surface area contributed by atoms with Gasteiger partial charge in [0.25, 0.3) is 0 Å². The van der Waals surface area contributed by atoms with Crippen LogP contribution in [0.4, 0.5) is 0 Å². The first kappa shape index (κ1) is 58.0. The van der Waals surface area contributed by atoms with E-state index >= 15 is 0 Å². The molecule has 1 aliphatic heterocycles. The van der Waals surface area contributed by atoms with Gasteiger partial charge in [0, 0.05) is 32.1 Å². The van der Waals surface area contributed by atoms with Crippen LogP contribution < -0.4 is 21.7 Å². The van der Waals surface area contributed by atoms with Crippen LogP contribution in [0, 0.1) is 5.92 Å². The predicted molar refractivity (Wildman–Crippen MR) is 237 cm³/mol. The smallest absolute Gasteiger partial charge is 0.306 e. The summed E-state index contributed by atoms with van der Waals surface area (Å²) in [6.07, 6.45) is 12.2. The van der Waals surface area contributed by atoms with Crippen LogP contribution >= 0.6 is 0 Å². The van der Waals surface area contributed by atoms with Crippen LogP contribution in [0.5, 0.6) is 0 Å². The Balaban J connectivity index is 2.91. The number of carbonyl (C=O) groups is 8. The molecule has 9 atom stereocenters. The zero-order chi connectivity index (χ0) is 47.9. The number of esters is 2. The standard InChI is InChI=1S/C46H80N4O14/c1-6-7-8-9-10-12-16-19-22-25-36(53)34(24-21-18-15-13-11-14-17-20-23-28-51)29-39(55)62-30-37-41(56)42(40(46(60)64-37)49-33(4)52)63-32(3)45(59)48-31(2)44(58)50-35(43(47)57)26-27-38(54)61-5/h28,31-32,34-35,37,40-42,46,56,60H,6-27,29-30H2,1-5H3,(H2,47,57)(H,48,59)(H,49,52)(H,50,58)/t31-,32?,34+,35+,37+,40+,41+,42-,46?/m0/s1. The number of ether oxygens (including phenoxy) is 4. The Hall–Kier alpha value is -4.00. The molecule has 0 aromatic carbocycles. The molecule has 0 aromatic heterocycles. The van der Waals surface area contributed by atoms with E-state index in [-0.39, 0.29) is 25.0 Å². The third-order valence-corrected chi connectivity index (χ3v) is 11.5. The third-order valence-electron chi connectivity index (χ3n) is 11.5. The van der Waals surface area contributed by atoms with E-state index in [9.17, 15) is 48.6 Å². The van der Waals surface area contributed by atoms with Crippen molar-refractivity contribution in [2.45, 2.75) is 224 Å². The number of methoxy groups -OCH3 is 1. The summed E-state index contributed by atoms with van der Waals surface area (Å²) in [7, 11) is 1.17. The summed E-state index contributed by atoms with van der Waals surface area (Å²) in [4.78, 5) is 98.7. The Morgan fingerprint density at radius 3 is 1.89 bits per heavy atom.